The molecule has 3 N–H and O–H groups in total. The van der Waals surface area contributed by atoms with Gasteiger partial charge in [0.1, 0.15) is 6.54 Å². The summed E-state index contributed by atoms with van der Waals surface area (Å²) in [5, 5.41) is 20.4. The number of nitrogens with two attached hydrogens (primary N) is 1. The van der Waals surface area contributed by atoms with Gasteiger partial charge in [-0.3, -0.25) is 4.79 Å². The topological polar surface area (TPSA) is 110 Å². The molecule has 2 rings (SSSR count). The van der Waals surface area contributed by atoms with Gasteiger partial charge in [0.05, 0.1) is 6.10 Å². The Hall–Kier alpha value is -1.70. The van der Waals surface area contributed by atoms with Crippen molar-refractivity contribution in [2.45, 2.75) is 39.3 Å². The summed E-state index contributed by atoms with van der Waals surface area (Å²) in [5.74, 6) is 0.0450. The summed E-state index contributed by atoms with van der Waals surface area (Å²) in [4.78, 5) is 14.0. The van der Waals surface area contributed by atoms with Crippen LogP contribution in [0.5, 0.6) is 0 Å². The van der Waals surface area contributed by atoms with Crippen LogP contribution in [-0.4, -0.2) is 55.3 Å². The Morgan fingerprint density at radius 2 is 2.32 bits per heavy atom. The smallest absolute Gasteiger partial charge is 0.244 e. The standard InChI is InChI=1S/C11H20N6O2/c1-11(2)5-8(18)3-4-16(7-11)9(19)6-17-10(12)13-14-15-17/h8,18H,3-7H2,1-2H3,(H2,12,13,15)/t8-/m1/s1. The maximum atomic E-state index is 12.2. The summed E-state index contributed by atoms with van der Waals surface area (Å²) >= 11 is 0. The summed E-state index contributed by atoms with van der Waals surface area (Å²) in [6.45, 7) is 5.29. The molecular weight excluding hydrogens is 248 g/mol. The van der Waals surface area contributed by atoms with Gasteiger partial charge in [0, 0.05) is 13.1 Å². The highest BCUT2D eigenvalue weighted by Gasteiger charge is 2.31. The van der Waals surface area contributed by atoms with E-state index in [0.29, 0.717) is 25.9 Å². The number of rotatable bonds is 2. The molecule has 1 atom stereocenters. The zero-order chi connectivity index (χ0) is 14.0. The van der Waals surface area contributed by atoms with E-state index in [1.54, 1.807) is 4.90 Å². The second-order valence-electron chi connectivity index (χ2n) is 5.82. The molecule has 1 saturated heterocycles. The van der Waals surface area contributed by atoms with E-state index in [1.165, 1.54) is 4.68 Å². The predicted octanol–water partition coefficient (Wildman–Crippen LogP) is -0.735. The van der Waals surface area contributed by atoms with Crippen molar-refractivity contribution in [2.24, 2.45) is 5.41 Å². The second kappa shape index (κ2) is 5.12. The van der Waals surface area contributed by atoms with Crippen molar-refractivity contribution in [3.8, 4) is 0 Å². The van der Waals surface area contributed by atoms with E-state index in [9.17, 15) is 9.90 Å². The third-order valence-corrected chi connectivity index (χ3v) is 3.34. The van der Waals surface area contributed by atoms with Gasteiger partial charge in [0.2, 0.25) is 11.9 Å². The van der Waals surface area contributed by atoms with E-state index < -0.39 is 0 Å². The molecule has 0 bridgehead atoms. The largest absolute Gasteiger partial charge is 0.393 e. The van der Waals surface area contributed by atoms with E-state index in [-0.39, 0.29) is 29.9 Å². The third-order valence-electron chi connectivity index (χ3n) is 3.34. The van der Waals surface area contributed by atoms with Crippen LogP contribution in [0.2, 0.25) is 0 Å². The Labute approximate surface area is 111 Å². The molecule has 2 heterocycles. The Morgan fingerprint density at radius 1 is 1.58 bits per heavy atom. The number of aliphatic hydroxyl groups is 1. The zero-order valence-corrected chi connectivity index (χ0v) is 11.3. The van der Waals surface area contributed by atoms with Gasteiger partial charge in [-0.05, 0) is 28.7 Å². The van der Waals surface area contributed by atoms with Crippen molar-refractivity contribution in [2.75, 3.05) is 18.8 Å². The molecule has 0 radical (unpaired) electrons. The molecule has 0 unspecified atom stereocenters. The molecule has 1 fully saturated rings. The number of hydrogen-bond acceptors (Lipinski definition) is 6. The van der Waals surface area contributed by atoms with Gasteiger partial charge < -0.3 is 15.7 Å². The SMILES string of the molecule is CC1(C)C[C@H](O)CCN(C(=O)Cn2nnnc2N)C1. The summed E-state index contributed by atoms with van der Waals surface area (Å²) in [7, 11) is 0. The number of nitrogen functional groups attached to an aromatic ring is 1. The fraction of sp³-hybridized carbons (Fsp3) is 0.818. The average molecular weight is 268 g/mol. The molecule has 106 valence electrons. The minimum absolute atomic E-state index is 0.0327. The highest BCUT2D eigenvalue weighted by Crippen LogP contribution is 2.28. The first-order chi connectivity index (χ1) is 8.87. The zero-order valence-electron chi connectivity index (χ0n) is 11.3. The number of amides is 1. The highest BCUT2D eigenvalue weighted by atomic mass is 16.3. The maximum absolute atomic E-state index is 12.2. The number of hydrogen-bond donors (Lipinski definition) is 2. The van der Waals surface area contributed by atoms with Gasteiger partial charge in [0.15, 0.2) is 0 Å². The number of aliphatic hydroxyl groups excluding tert-OH is 1. The van der Waals surface area contributed by atoms with Gasteiger partial charge in [-0.25, -0.2) is 4.68 Å². The van der Waals surface area contributed by atoms with Crippen molar-refractivity contribution in [3.05, 3.63) is 0 Å². The number of carbonyl (C=O) groups is 1. The van der Waals surface area contributed by atoms with E-state index in [4.69, 9.17) is 5.73 Å². The quantitative estimate of drug-likeness (QED) is 0.731. The maximum Gasteiger partial charge on any atom is 0.244 e. The fourth-order valence-electron chi connectivity index (χ4n) is 2.47. The van der Waals surface area contributed by atoms with Crippen LogP contribution in [-0.2, 0) is 11.3 Å². The van der Waals surface area contributed by atoms with Crippen LogP contribution in [0.3, 0.4) is 0 Å². The van der Waals surface area contributed by atoms with Crippen LogP contribution in [0, 0.1) is 5.41 Å². The Morgan fingerprint density at radius 3 is 2.95 bits per heavy atom. The number of aromatic nitrogens is 4. The molecular formula is C11H20N6O2. The molecule has 19 heavy (non-hydrogen) atoms. The van der Waals surface area contributed by atoms with Gasteiger partial charge >= 0.3 is 0 Å². The molecule has 0 aromatic carbocycles. The molecule has 1 amide bonds. The van der Waals surface area contributed by atoms with Crippen LogP contribution in [0.25, 0.3) is 0 Å². The summed E-state index contributed by atoms with van der Waals surface area (Å²) < 4.78 is 1.27. The number of anilines is 1. The van der Waals surface area contributed by atoms with Crippen LogP contribution in [0.15, 0.2) is 0 Å². The average Bonchev–Trinajstić information content (AvgIpc) is 2.62. The molecule has 1 aliphatic rings. The minimum Gasteiger partial charge on any atom is -0.393 e. The van der Waals surface area contributed by atoms with Crippen LogP contribution in [0.4, 0.5) is 5.95 Å². The molecule has 1 aliphatic heterocycles. The van der Waals surface area contributed by atoms with Gasteiger partial charge in [-0.1, -0.05) is 18.9 Å². The lowest BCUT2D eigenvalue weighted by molar-refractivity contribution is -0.133. The Balaban J connectivity index is 2.04. The second-order valence-corrected chi connectivity index (χ2v) is 5.82. The highest BCUT2D eigenvalue weighted by molar-refractivity contribution is 5.76. The first-order valence-electron chi connectivity index (χ1n) is 6.35. The van der Waals surface area contributed by atoms with E-state index in [0.717, 1.165) is 0 Å². The lowest BCUT2D eigenvalue weighted by Gasteiger charge is -2.29. The van der Waals surface area contributed by atoms with Crippen LogP contribution in [0.1, 0.15) is 26.7 Å². The van der Waals surface area contributed by atoms with Crippen molar-refractivity contribution >= 4 is 11.9 Å². The first kappa shape index (κ1) is 13.7. The van der Waals surface area contributed by atoms with Crippen LogP contribution < -0.4 is 5.73 Å². The minimum atomic E-state index is -0.356. The molecule has 1 aromatic heterocycles. The van der Waals surface area contributed by atoms with Crippen molar-refractivity contribution < 1.29 is 9.90 Å². The normalized spacial score (nSPS) is 23.1. The molecule has 0 aliphatic carbocycles. The lowest BCUT2D eigenvalue weighted by atomic mass is 9.87. The molecule has 8 heteroatoms. The summed E-state index contributed by atoms with van der Waals surface area (Å²) in [6.07, 6.45) is 0.940. The van der Waals surface area contributed by atoms with Crippen molar-refractivity contribution in [1.82, 2.24) is 25.1 Å². The third kappa shape index (κ3) is 3.40. The molecule has 0 spiro atoms. The Kier molecular flexibility index (Phi) is 3.70. The molecule has 0 saturated carbocycles. The summed E-state index contributed by atoms with van der Waals surface area (Å²) in [5.41, 5.74) is 5.44. The van der Waals surface area contributed by atoms with Crippen molar-refractivity contribution in [3.63, 3.8) is 0 Å². The van der Waals surface area contributed by atoms with Gasteiger partial charge in [-0.15, -0.1) is 0 Å². The van der Waals surface area contributed by atoms with Crippen molar-refractivity contribution in [1.29, 1.82) is 0 Å². The van der Waals surface area contributed by atoms with Gasteiger partial charge in [-0.2, -0.15) is 0 Å². The number of likely N-dealkylation sites (tertiary alicyclic amines) is 1. The predicted molar refractivity (Wildman–Crippen MR) is 67.8 cm³/mol. The summed E-state index contributed by atoms with van der Waals surface area (Å²) in [6, 6.07) is 0. The molecule has 8 nitrogen and oxygen atoms in total. The number of nitrogens with zero attached hydrogens (tertiary/aromatic N) is 5. The number of tetrazole rings is 1. The monoisotopic (exact) mass is 268 g/mol. The van der Waals surface area contributed by atoms with E-state index in [1.807, 2.05) is 13.8 Å². The molecule has 1 aromatic rings. The van der Waals surface area contributed by atoms with E-state index in [2.05, 4.69) is 15.5 Å². The van der Waals surface area contributed by atoms with Gasteiger partial charge in [0.25, 0.3) is 0 Å². The first-order valence-corrected chi connectivity index (χ1v) is 6.35. The lowest BCUT2D eigenvalue weighted by Crippen LogP contribution is -2.39. The van der Waals surface area contributed by atoms with E-state index >= 15 is 0 Å². The fourth-order valence-corrected chi connectivity index (χ4v) is 2.47. The Bertz CT molecular complexity index is 458. The van der Waals surface area contributed by atoms with Crippen LogP contribution >= 0.6 is 0 Å². The number of carbonyl (C=O) groups excluding carboxylic acids is 1.